The van der Waals surface area contributed by atoms with Crippen molar-refractivity contribution < 1.29 is 5.11 Å². The summed E-state index contributed by atoms with van der Waals surface area (Å²) in [7, 11) is 0. The number of nitriles is 1. The first-order chi connectivity index (χ1) is 6.33. The number of hydrogen-bond acceptors (Lipinski definition) is 2. The minimum Gasteiger partial charge on any atom is -0.391 e. The molecule has 0 spiro atoms. The van der Waals surface area contributed by atoms with Gasteiger partial charge >= 0.3 is 0 Å². The lowest BCUT2D eigenvalue weighted by molar-refractivity contribution is 0.144. The zero-order valence-electron chi connectivity index (χ0n) is 7.27. The summed E-state index contributed by atoms with van der Waals surface area (Å²) in [5, 5.41) is 18.5. The number of benzene rings is 1. The van der Waals surface area contributed by atoms with Gasteiger partial charge in [0.25, 0.3) is 0 Å². The van der Waals surface area contributed by atoms with E-state index >= 15 is 0 Å². The van der Waals surface area contributed by atoms with Gasteiger partial charge in [0.05, 0.1) is 18.1 Å². The lowest BCUT2D eigenvalue weighted by atomic mass is 9.82. The Morgan fingerprint density at radius 3 is 2.92 bits per heavy atom. The van der Waals surface area contributed by atoms with Gasteiger partial charge in [-0.25, -0.2) is 0 Å². The molecular formula is C11H11NO. The van der Waals surface area contributed by atoms with Crippen molar-refractivity contribution in [3.8, 4) is 6.07 Å². The molecule has 66 valence electrons. The molecule has 0 fully saturated rings. The van der Waals surface area contributed by atoms with Crippen molar-refractivity contribution in [2.24, 2.45) is 0 Å². The summed E-state index contributed by atoms with van der Waals surface area (Å²) in [6.45, 7) is 0. The average molecular weight is 173 g/mol. The third kappa shape index (κ3) is 1.32. The molecule has 0 bridgehead atoms. The van der Waals surface area contributed by atoms with Crippen molar-refractivity contribution in [1.82, 2.24) is 0 Å². The van der Waals surface area contributed by atoms with Crippen LogP contribution in [0.2, 0.25) is 0 Å². The van der Waals surface area contributed by atoms with Crippen LogP contribution >= 0.6 is 0 Å². The number of rotatable bonds is 0. The quantitative estimate of drug-likeness (QED) is 0.647. The van der Waals surface area contributed by atoms with E-state index in [2.05, 4.69) is 6.07 Å². The predicted molar refractivity (Wildman–Crippen MR) is 49.1 cm³/mol. The van der Waals surface area contributed by atoms with Crippen LogP contribution in [-0.4, -0.2) is 11.2 Å². The smallest absolute Gasteiger partial charge is 0.0974 e. The van der Waals surface area contributed by atoms with Crippen molar-refractivity contribution in [3.05, 3.63) is 35.4 Å². The van der Waals surface area contributed by atoms with Crippen LogP contribution in [0, 0.1) is 11.3 Å². The standard InChI is InChI=1S/C11H11NO/c12-7-10-9-4-2-1-3-8(9)5-6-11(10)13/h1-4,10-11,13H,5-6H2. The molecular weight excluding hydrogens is 162 g/mol. The van der Waals surface area contributed by atoms with Gasteiger partial charge in [0.2, 0.25) is 0 Å². The fraction of sp³-hybridized carbons (Fsp3) is 0.364. The number of hydrogen-bond donors (Lipinski definition) is 1. The van der Waals surface area contributed by atoms with Gasteiger partial charge in [0.1, 0.15) is 0 Å². The van der Waals surface area contributed by atoms with Crippen molar-refractivity contribution in [2.75, 3.05) is 0 Å². The SMILES string of the molecule is N#CC1c2ccccc2CCC1O. The van der Waals surface area contributed by atoms with E-state index in [0.29, 0.717) is 6.42 Å². The second-order valence-corrected chi connectivity index (χ2v) is 3.41. The first kappa shape index (κ1) is 8.28. The third-order valence-electron chi connectivity index (χ3n) is 2.62. The monoisotopic (exact) mass is 173 g/mol. The Morgan fingerprint density at radius 2 is 2.15 bits per heavy atom. The zero-order chi connectivity index (χ0) is 9.26. The van der Waals surface area contributed by atoms with E-state index in [0.717, 1.165) is 12.0 Å². The molecule has 1 aliphatic rings. The number of aryl methyl sites for hydroxylation is 1. The highest BCUT2D eigenvalue weighted by Gasteiger charge is 2.27. The molecule has 0 saturated heterocycles. The van der Waals surface area contributed by atoms with Gasteiger partial charge < -0.3 is 5.11 Å². The Labute approximate surface area is 77.4 Å². The maximum Gasteiger partial charge on any atom is 0.0974 e. The second-order valence-electron chi connectivity index (χ2n) is 3.41. The molecule has 2 nitrogen and oxygen atoms in total. The lowest BCUT2D eigenvalue weighted by Crippen LogP contribution is -2.23. The van der Waals surface area contributed by atoms with Crippen molar-refractivity contribution >= 4 is 0 Å². The topological polar surface area (TPSA) is 44.0 Å². The molecule has 0 aliphatic heterocycles. The zero-order valence-corrected chi connectivity index (χ0v) is 7.27. The van der Waals surface area contributed by atoms with Crippen LogP contribution in [0.4, 0.5) is 0 Å². The molecule has 0 radical (unpaired) electrons. The molecule has 2 rings (SSSR count). The Hall–Kier alpha value is -1.33. The summed E-state index contributed by atoms with van der Waals surface area (Å²) in [5.41, 5.74) is 2.21. The van der Waals surface area contributed by atoms with E-state index in [1.807, 2.05) is 24.3 Å². The van der Waals surface area contributed by atoms with Crippen LogP contribution in [0.3, 0.4) is 0 Å². The van der Waals surface area contributed by atoms with Crippen LogP contribution in [0.25, 0.3) is 0 Å². The van der Waals surface area contributed by atoms with Gasteiger partial charge in [-0.3, -0.25) is 0 Å². The summed E-state index contributed by atoms with van der Waals surface area (Å²) in [4.78, 5) is 0. The molecule has 0 amide bonds. The Balaban J connectivity index is 2.46. The Morgan fingerprint density at radius 1 is 1.38 bits per heavy atom. The van der Waals surface area contributed by atoms with Crippen molar-refractivity contribution in [2.45, 2.75) is 24.9 Å². The number of aliphatic hydroxyl groups excluding tert-OH is 1. The first-order valence-corrected chi connectivity index (χ1v) is 4.48. The normalized spacial score (nSPS) is 26.2. The minimum atomic E-state index is -0.486. The summed E-state index contributed by atoms with van der Waals surface area (Å²) in [6.07, 6.45) is 1.10. The van der Waals surface area contributed by atoms with Gasteiger partial charge in [0.15, 0.2) is 0 Å². The molecule has 1 aliphatic carbocycles. The fourth-order valence-corrected chi connectivity index (χ4v) is 1.90. The summed E-state index contributed by atoms with van der Waals surface area (Å²) >= 11 is 0. The first-order valence-electron chi connectivity index (χ1n) is 4.48. The van der Waals surface area contributed by atoms with E-state index in [1.165, 1.54) is 5.56 Å². The van der Waals surface area contributed by atoms with Crippen LogP contribution in [-0.2, 0) is 6.42 Å². The molecule has 2 heteroatoms. The highest BCUT2D eigenvalue weighted by Crippen LogP contribution is 2.30. The van der Waals surface area contributed by atoms with Crippen LogP contribution in [0.15, 0.2) is 24.3 Å². The third-order valence-corrected chi connectivity index (χ3v) is 2.62. The fourth-order valence-electron chi connectivity index (χ4n) is 1.90. The van der Waals surface area contributed by atoms with Gasteiger partial charge in [-0.2, -0.15) is 5.26 Å². The van der Waals surface area contributed by atoms with Crippen LogP contribution in [0.1, 0.15) is 23.5 Å². The van der Waals surface area contributed by atoms with E-state index < -0.39 is 6.10 Å². The van der Waals surface area contributed by atoms with Gasteiger partial charge in [-0.15, -0.1) is 0 Å². The molecule has 2 unspecified atom stereocenters. The number of nitrogens with zero attached hydrogens (tertiary/aromatic N) is 1. The molecule has 1 aromatic carbocycles. The lowest BCUT2D eigenvalue weighted by Gasteiger charge is -2.25. The Kier molecular flexibility index (Phi) is 2.03. The molecule has 1 aromatic rings. The van der Waals surface area contributed by atoms with Gasteiger partial charge in [-0.05, 0) is 24.0 Å². The van der Waals surface area contributed by atoms with Crippen molar-refractivity contribution in [3.63, 3.8) is 0 Å². The van der Waals surface area contributed by atoms with Crippen LogP contribution in [0.5, 0.6) is 0 Å². The molecule has 0 aromatic heterocycles. The average Bonchev–Trinajstić information content (AvgIpc) is 2.18. The van der Waals surface area contributed by atoms with E-state index in [1.54, 1.807) is 0 Å². The summed E-state index contributed by atoms with van der Waals surface area (Å²) in [6, 6.07) is 10.0. The Bertz CT molecular complexity index is 353. The van der Waals surface area contributed by atoms with Gasteiger partial charge in [-0.1, -0.05) is 24.3 Å². The maximum absolute atomic E-state index is 9.59. The number of aliphatic hydroxyl groups is 1. The maximum atomic E-state index is 9.59. The largest absolute Gasteiger partial charge is 0.391 e. The summed E-state index contributed by atoms with van der Waals surface area (Å²) in [5.74, 6) is -0.329. The highest BCUT2D eigenvalue weighted by molar-refractivity contribution is 5.37. The highest BCUT2D eigenvalue weighted by atomic mass is 16.3. The molecule has 1 N–H and O–H groups in total. The molecule has 0 heterocycles. The second kappa shape index (κ2) is 3.20. The molecule has 13 heavy (non-hydrogen) atoms. The molecule has 2 atom stereocenters. The van der Waals surface area contributed by atoms with E-state index in [9.17, 15) is 5.11 Å². The minimum absolute atomic E-state index is 0.329. The van der Waals surface area contributed by atoms with E-state index in [4.69, 9.17) is 5.26 Å². The van der Waals surface area contributed by atoms with Crippen molar-refractivity contribution in [1.29, 1.82) is 5.26 Å². The van der Waals surface area contributed by atoms with E-state index in [-0.39, 0.29) is 5.92 Å². The predicted octanol–water partition coefficient (Wildman–Crippen LogP) is 1.60. The summed E-state index contributed by atoms with van der Waals surface area (Å²) < 4.78 is 0. The number of fused-ring (bicyclic) bond motifs is 1. The van der Waals surface area contributed by atoms with Gasteiger partial charge in [0, 0.05) is 0 Å². The molecule has 0 saturated carbocycles. The van der Waals surface area contributed by atoms with Crippen LogP contribution < -0.4 is 0 Å².